The van der Waals surface area contributed by atoms with Crippen molar-refractivity contribution in [2.24, 2.45) is 27.7 Å². The van der Waals surface area contributed by atoms with Crippen LogP contribution in [0.2, 0.25) is 0 Å². The van der Waals surface area contributed by atoms with E-state index in [9.17, 15) is 27.9 Å². The third kappa shape index (κ3) is 15.2. The first-order valence-electron chi connectivity index (χ1n) is 9.63. The number of carboxylic acids is 1. The molecule has 0 rings (SSSR count). The molecule has 0 aliphatic carbocycles. The molecule has 0 aliphatic heterocycles. The molecule has 15 N–H and O–H groups in total. The van der Waals surface area contributed by atoms with Crippen LogP contribution in [0, 0.1) is 5.16 Å². The Balaban J connectivity index is 4.49. The molecule has 0 aromatic heterocycles. The second-order valence-electron chi connectivity index (χ2n) is 7.02. The van der Waals surface area contributed by atoms with Gasteiger partial charge in [0.2, 0.25) is 11.8 Å². The molecule has 0 fully saturated rings. The summed E-state index contributed by atoms with van der Waals surface area (Å²) >= 11 is 0. The van der Waals surface area contributed by atoms with Gasteiger partial charge in [-0.05, 0) is 32.6 Å². The summed E-state index contributed by atoms with van der Waals surface area (Å²) in [5, 5.41) is 23.9. The molecular formula is C14H33N10O7PS. The van der Waals surface area contributed by atoms with Gasteiger partial charge in [0.1, 0.15) is 12.1 Å². The van der Waals surface area contributed by atoms with Crippen molar-refractivity contribution in [3.8, 4) is 0 Å². The number of hydrogen-bond acceptors (Lipinski definition) is 8. The van der Waals surface area contributed by atoms with Crippen molar-refractivity contribution in [2.45, 2.75) is 50.7 Å². The van der Waals surface area contributed by atoms with Gasteiger partial charge < -0.3 is 32.9 Å². The molecule has 2 amide bonds. The third-order valence-electron chi connectivity index (χ3n) is 3.96. The molecule has 0 aromatic carbocycles. The van der Waals surface area contributed by atoms with Gasteiger partial charge in [0.15, 0.2) is 13.5 Å². The van der Waals surface area contributed by atoms with E-state index in [4.69, 9.17) is 32.4 Å². The van der Waals surface area contributed by atoms with E-state index in [0.717, 1.165) is 0 Å². The summed E-state index contributed by atoms with van der Waals surface area (Å²) in [5.41, 5.74) is 21.5. The fourth-order valence-electron chi connectivity index (χ4n) is 2.37. The van der Waals surface area contributed by atoms with Gasteiger partial charge in [-0.2, -0.15) is 8.42 Å². The summed E-state index contributed by atoms with van der Waals surface area (Å²) in [6.45, 7) is 1.57. The predicted octanol–water partition coefficient (Wildman–Crippen LogP) is -3.31. The average Bonchev–Trinajstić information content (AvgIpc) is 2.64. The average molecular weight is 517 g/mol. The fourth-order valence-corrected chi connectivity index (χ4v) is 4.59. The number of nitrogens with two attached hydrogens (primary N) is 4. The maximum absolute atomic E-state index is 12.2. The maximum Gasteiger partial charge on any atom is 0.339 e. The number of nitrogens with one attached hydrogen (secondary N) is 5. The second-order valence-corrected chi connectivity index (χ2v) is 10.5. The lowest BCUT2D eigenvalue weighted by atomic mass is 10.1. The molecule has 0 saturated heterocycles. The van der Waals surface area contributed by atoms with E-state index in [1.165, 1.54) is 6.92 Å². The molecule has 0 spiro atoms. The van der Waals surface area contributed by atoms with Crippen LogP contribution in [-0.4, -0.2) is 73.0 Å². The molecule has 0 aromatic rings. The lowest BCUT2D eigenvalue weighted by Crippen LogP contribution is -2.53. The predicted molar refractivity (Wildman–Crippen MR) is 121 cm³/mol. The van der Waals surface area contributed by atoms with Crippen molar-refractivity contribution in [3.05, 3.63) is 0 Å². The van der Waals surface area contributed by atoms with Gasteiger partial charge in [-0.1, -0.05) is 0 Å². The van der Waals surface area contributed by atoms with E-state index in [1.54, 1.807) is 4.49 Å². The van der Waals surface area contributed by atoms with Crippen LogP contribution in [0.15, 0.2) is 4.99 Å². The Hall–Kier alpha value is -2.34. The first kappa shape index (κ1) is 30.7. The Morgan fingerprint density at radius 3 is 2.24 bits per heavy atom. The minimum absolute atomic E-state index is 0.0213. The Morgan fingerprint density at radius 2 is 1.73 bits per heavy atom. The van der Waals surface area contributed by atoms with Crippen LogP contribution in [0.4, 0.5) is 0 Å². The lowest BCUT2D eigenvalue weighted by Gasteiger charge is -2.21. The van der Waals surface area contributed by atoms with E-state index in [0.29, 0.717) is 6.42 Å². The zero-order valence-electron chi connectivity index (χ0n) is 18.0. The highest BCUT2D eigenvalue weighted by atomic mass is 32.2. The van der Waals surface area contributed by atoms with E-state index >= 15 is 0 Å². The van der Waals surface area contributed by atoms with Crippen molar-refractivity contribution in [2.75, 3.05) is 13.1 Å². The van der Waals surface area contributed by atoms with Crippen molar-refractivity contribution in [1.82, 2.24) is 20.2 Å². The number of rotatable bonds is 16. The minimum atomic E-state index is -4.65. The first-order valence-corrected chi connectivity index (χ1v) is 12.9. The van der Waals surface area contributed by atoms with Gasteiger partial charge in [-0.3, -0.25) is 34.9 Å². The molecule has 33 heavy (non-hydrogen) atoms. The molecule has 0 bridgehead atoms. The topological polar surface area (TPSA) is 314 Å². The highest BCUT2D eigenvalue weighted by molar-refractivity contribution is 7.91. The molecule has 17 nitrogen and oxygen atoms in total. The normalized spacial score (nSPS) is 16.0. The van der Waals surface area contributed by atoms with Gasteiger partial charge >= 0.3 is 16.3 Å². The number of carboxylic acid groups (broad SMARTS) is 1. The molecule has 0 aliphatic rings. The van der Waals surface area contributed by atoms with Crippen LogP contribution in [0.5, 0.6) is 0 Å². The standard InChI is InChI=1S/C14H33N10O7PS/c1-8(11(25)23-10(13(27)28)5-3-6-20-14(16)17)22-12(26)9(15)4-2-7-21-32(18,19)24-33(29,30)31/h8-10H,2-7,15H2,1H3,(H,22,26)(H,23,25)(H,27,28)(H4,16,17,20)(H,29,30,31)(H5,18,19,21,24)/t8-,9-,10-/m0/s1. The number of guanidine groups is 1. The Labute approximate surface area is 191 Å². The molecule has 192 valence electrons. The number of aliphatic imine (C=N–C) groups is 1. The second kappa shape index (κ2) is 14.0. The van der Waals surface area contributed by atoms with Crippen molar-refractivity contribution in [1.29, 1.82) is 5.16 Å². The highest BCUT2D eigenvalue weighted by Crippen LogP contribution is 2.26. The van der Waals surface area contributed by atoms with Crippen LogP contribution in [0.25, 0.3) is 0 Å². The molecule has 0 saturated carbocycles. The van der Waals surface area contributed by atoms with Crippen LogP contribution >= 0.6 is 7.51 Å². The summed E-state index contributed by atoms with van der Waals surface area (Å²) < 4.78 is 31.6. The summed E-state index contributed by atoms with van der Waals surface area (Å²) in [4.78, 5) is 39.4. The SMILES string of the molecule is C[C@H](NC(=O)[C@@H](N)CCCN[P@](=N)(N)NS(=O)(=O)O)C(=O)N[C@@H](CCCN=C(N)N)C(=O)O. The number of nitrogens with zero attached hydrogens (tertiary/aromatic N) is 1. The van der Waals surface area contributed by atoms with Gasteiger partial charge in [0.05, 0.1) is 6.04 Å². The zero-order valence-corrected chi connectivity index (χ0v) is 19.7. The summed E-state index contributed by atoms with van der Waals surface area (Å²) in [7, 11) is -8.22. The largest absolute Gasteiger partial charge is 0.480 e. The van der Waals surface area contributed by atoms with Gasteiger partial charge in [0, 0.05) is 13.1 Å². The molecule has 19 heteroatoms. The van der Waals surface area contributed by atoms with Crippen molar-refractivity contribution < 1.29 is 32.5 Å². The van der Waals surface area contributed by atoms with E-state index in [2.05, 4.69) is 20.7 Å². The highest BCUT2D eigenvalue weighted by Gasteiger charge is 2.25. The molecule has 0 unspecified atom stereocenters. The number of carbonyl (C=O) groups excluding carboxylic acids is 2. The van der Waals surface area contributed by atoms with Gasteiger partial charge in [0.25, 0.3) is 0 Å². The van der Waals surface area contributed by atoms with Gasteiger partial charge in [-0.15, -0.1) is 4.49 Å². The number of aliphatic carboxylic acids is 1. The molecular weight excluding hydrogens is 483 g/mol. The quantitative estimate of drug-likeness (QED) is 0.0316. The van der Waals surface area contributed by atoms with Crippen LogP contribution in [0.1, 0.15) is 32.6 Å². The number of carbonyl (C=O) groups is 3. The van der Waals surface area contributed by atoms with Crippen LogP contribution in [-0.2, 0) is 24.7 Å². The monoisotopic (exact) mass is 516 g/mol. The van der Waals surface area contributed by atoms with Crippen LogP contribution in [0.3, 0.4) is 0 Å². The minimum Gasteiger partial charge on any atom is -0.480 e. The molecule has 0 radical (unpaired) electrons. The number of hydrogen-bond donors (Lipinski definition) is 11. The van der Waals surface area contributed by atoms with E-state index < -0.39 is 53.7 Å². The zero-order chi connectivity index (χ0) is 25.8. The Kier molecular flexibility index (Phi) is 13.0. The fraction of sp³-hybridized carbons (Fsp3) is 0.714. The van der Waals surface area contributed by atoms with Crippen molar-refractivity contribution >= 4 is 41.6 Å². The van der Waals surface area contributed by atoms with Gasteiger partial charge in [-0.25, -0.2) is 4.79 Å². The third-order valence-corrected chi connectivity index (χ3v) is 6.76. The summed E-state index contributed by atoms with van der Waals surface area (Å²) in [6.07, 6.45) is 0.691. The smallest absolute Gasteiger partial charge is 0.339 e. The summed E-state index contributed by atoms with van der Waals surface area (Å²) in [6, 6.07) is -3.31. The van der Waals surface area contributed by atoms with Crippen LogP contribution < -0.4 is 42.9 Å². The first-order chi connectivity index (χ1) is 15.0. The van der Waals surface area contributed by atoms with Crippen molar-refractivity contribution in [3.63, 3.8) is 0 Å². The Morgan fingerprint density at radius 1 is 1.12 bits per heavy atom. The maximum atomic E-state index is 12.2. The van der Waals surface area contributed by atoms with E-state index in [1.807, 2.05) is 0 Å². The Bertz CT molecular complexity index is 864. The summed E-state index contributed by atoms with van der Waals surface area (Å²) in [5.74, 6) is -2.79. The molecule has 0 heterocycles. The lowest BCUT2D eigenvalue weighted by molar-refractivity contribution is -0.142. The number of amides is 2. The molecule has 4 atom stereocenters. The van der Waals surface area contributed by atoms with E-state index in [-0.39, 0.29) is 38.3 Å².